The van der Waals surface area contributed by atoms with Gasteiger partial charge in [-0.2, -0.15) is 0 Å². The van der Waals surface area contributed by atoms with Crippen molar-refractivity contribution in [3.05, 3.63) is 53.6 Å². The van der Waals surface area contributed by atoms with Gasteiger partial charge >= 0.3 is 0 Å². The maximum absolute atomic E-state index is 12.5. The van der Waals surface area contributed by atoms with Gasteiger partial charge in [-0.05, 0) is 42.7 Å². The molecule has 2 aromatic rings. The van der Waals surface area contributed by atoms with Crippen LogP contribution in [0.4, 0.5) is 0 Å². The molecule has 2 aromatic carbocycles. The molecule has 1 amide bonds. The fraction of sp³-hybridized carbons (Fsp3) is 0.381. The molecule has 0 saturated heterocycles. The number of hydrogen-bond acceptors (Lipinski definition) is 4. The van der Waals surface area contributed by atoms with Crippen LogP contribution in [0.5, 0.6) is 11.5 Å². The average Bonchev–Trinajstić information content (AvgIpc) is 2.64. The standard InChI is InChI=1S/C21H27NO3S/c1-15(2)26-20-10-6-5-9-17(20)21(23)22-13-7-8-16-11-12-18(24-3)19(14-16)25-4/h5-6,9-12,14-15H,7-8,13H2,1-4H3,(H,22,23). The molecule has 4 nitrogen and oxygen atoms in total. The maximum Gasteiger partial charge on any atom is 0.252 e. The predicted octanol–water partition coefficient (Wildman–Crippen LogP) is 4.57. The molecule has 0 unspecified atom stereocenters. The summed E-state index contributed by atoms with van der Waals surface area (Å²) in [6.45, 7) is 4.89. The van der Waals surface area contributed by atoms with Crippen LogP contribution in [0, 0.1) is 0 Å². The van der Waals surface area contributed by atoms with Gasteiger partial charge in [0.1, 0.15) is 0 Å². The smallest absolute Gasteiger partial charge is 0.252 e. The van der Waals surface area contributed by atoms with Gasteiger partial charge in [0, 0.05) is 16.7 Å². The monoisotopic (exact) mass is 373 g/mol. The van der Waals surface area contributed by atoms with Gasteiger partial charge in [-0.3, -0.25) is 4.79 Å². The molecule has 0 spiro atoms. The van der Waals surface area contributed by atoms with Gasteiger partial charge in [0.2, 0.25) is 0 Å². The van der Waals surface area contributed by atoms with E-state index >= 15 is 0 Å². The predicted molar refractivity (Wildman–Crippen MR) is 108 cm³/mol. The molecular formula is C21H27NO3S. The summed E-state index contributed by atoms with van der Waals surface area (Å²) in [7, 11) is 3.26. The Balaban J connectivity index is 1.88. The number of amides is 1. The van der Waals surface area contributed by atoms with E-state index in [9.17, 15) is 4.79 Å². The minimum absolute atomic E-state index is 0.0129. The molecule has 0 fully saturated rings. The van der Waals surface area contributed by atoms with E-state index < -0.39 is 0 Å². The molecule has 0 heterocycles. The van der Waals surface area contributed by atoms with Gasteiger partial charge in [0.25, 0.3) is 5.91 Å². The van der Waals surface area contributed by atoms with Gasteiger partial charge in [-0.25, -0.2) is 0 Å². The van der Waals surface area contributed by atoms with Crippen LogP contribution in [0.15, 0.2) is 47.4 Å². The zero-order chi connectivity index (χ0) is 18.9. The van der Waals surface area contributed by atoms with E-state index in [1.807, 2.05) is 42.5 Å². The van der Waals surface area contributed by atoms with Crippen molar-refractivity contribution in [1.82, 2.24) is 5.32 Å². The summed E-state index contributed by atoms with van der Waals surface area (Å²) in [6, 6.07) is 13.7. The Labute approximate surface area is 160 Å². The lowest BCUT2D eigenvalue weighted by molar-refractivity contribution is 0.0950. The molecule has 5 heteroatoms. The van der Waals surface area contributed by atoms with Gasteiger partial charge in [0.15, 0.2) is 11.5 Å². The summed E-state index contributed by atoms with van der Waals surface area (Å²) in [5.41, 5.74) is 1.91. The van der Waals surface area contributed by atoms with E-state index in [-0.39, 0.29) is 5.91 Å². The number of hydrogen-bond donors (Lipinski definition) is 1. The normalized spacial score (nSPS) is 10.7. The van der Waals surface area contributed by atoms with Crippen molar-refractivity contribution >= 4 is 17.7 Å². The molecule has 0 aliphatic heterocycles. The van der Waals surface area contributed by atoms with E-state index in [4.69, 9.17) is 9.47 Å². The lowest BCUT2D eigenvalue weighted by Gasteiger charge is -2.12. The first-order chi connectivity index (χ1) is 12.5. The van der Waals surface area contributed by atoms with Gasteiger partial charge in [-0.1, -0.05) is 32.0 Å². The van der Waals surface area contributed by atoms with Crippen LogP contribution in [0.1, 0.15) is 36.2 Å². The summed E-state index contributed by atoms with van der Waals surface area (Å²) < 4.78 is 10.6. The fourth-order valence-corrected chi connectivity index (χ4v) is 3.59. The Kier molecular flexibility index (Phi) is 7.85. The van der Waals surface area contributed by atoms with Crippen LogP contribution in [0.2, 0.25) is 0 Å². The van der Waals surface area contributed by atoms with Crippen LogP contribution in [0.3, 0.4) is 0 Å². The number of ether oxygens (including phenoxy) is 2. The molecule has 140 valence electrons. The van der Waals surface area contributed by atoms with Crippen molar-refractivity contribution < 1.29 is 14.3 Å². The highest BCUT2D eigenvalue weighted by atomic mass is 32.2. The first-order valence-corrected chi connectivity index (χ1v) is 9.68. The number of nitrogens with one attached hydrogen (secondary N) is 1. The SMILES string of the molecule is COc1ccc(CCCNC(=O)c2ccccc2SC(C)C)cc1OC. The molecule has 0 bridgehead atoms. The molecule has 0 radical (unpaired) electrons. The molecule has 0 aromatic heterocycles. The topological polar surface area (TPSA) is 47.6 Å². The number of methoxy groups -OCH3 is 2. The maximum atomic E-state index is 12.5. The van der Waals surface area contributed by atoms with Crippen LogP contribution >= 0.6 is 11.8 Å². The van der Waals surface area contributed by atoms with Crippen LogP contribution in [-0.4, -0.2) is 31.9 Å². The number of benzene rings is 2. The molecule has 0 aliphatic rings. The zero-order valence-electron chi connectivity index (χ0n) is 15.9. The first kappa shape index (κ1) is 20.2. The Morgan fingerprint density at radius 3 is 2.50 bits per heavy atom. The molecular weight excluding hydrogens is 346 g/mol. The zero-order valence-corrected chi connectivity index (χ0v) is 16.7. The van der Waals surface area contributed by atoms with Crippen molar-refractivity contribution in [2.75, 3.05) is 20.8 Å². The number of thioether (sulfide) groups is 1. The third-order valence-corrected chi connectivity index (χ3v) is 4.95. The third kappa shape index (κ3) is 5.70. The second kappa shape index (κ2) is 10.1. The second-order valence-electron chi connectivity index (χ2n) is 6.21. The molecule has 0 aliphatic carbocycles. The highest BCUT2D eigenvalue weighted by Crippen LogP contribution is 2.28. The van der Waals surface area contributed by atoms with Crippen molar-refractivity contribution in [2.24, 2.45) is 0 Å². The van der Waals surface area contributed by atoms with Crippen molar-refractivity contribution in [3.8, 4) is 11.5 Å². The summed E-state index contributed by atoms with van der Waals surface area (Å²) >= 11 is 1.71. The molecule has 2 rings (SSSR count). The van der Waals surface area contributed by atoms with Gasteiger partial charge < -0.3 is 14.8 Å². The number of aryl methyl sites for hydroxylation is 1. The summed E-state index contributed by atoms with van der Waals surface area (Å²) in [6.07, 6.45) is 1.73. The minimum atomic E-state index is -0.0129. The molecule has 26 heavy (non-hydrogen) atoms. The summed E-state index contributed by atoms with van der Waals surface area (Å²) in [5.74, 6) is 1.44. The third-order valence-electron chi connectivity index (χ3n) is 3.87. The second-order valence-corrected chi connectivity index (χ2v) is 7.83. The van der Waals surface area contributed by atoms with Crippen molar-refractivity contribution in [2.45, 2.75) is 36.8 Å². The van der Waals surface area contributed by atoms with Crippen LogP contribution < -0.4 is 14.8 Å². The lowest BCUT2D eigenvalue weighted by Crippen LogP contribution is -2.25. The average molecular weight is 374 g/mol. The lowest BCUT2D eigenvalue weighted by atomic mass is 10.1. The van der Waals surface area contributed by atoms with Crippen LogP contribution in [-0.2, 0) is 6.42 Å². The largest absolute Gasteiger partial charge is 0.493 e. The van der Waals surface area contributed by atoms with E-state index in [0.29, 0.717) is 11.8 Å². The highest BCUT2D eigenvalue weighted by molar-refractivity contribution is 8.00. The Morgan fingerprint density at radius 2 is 1.81 bits per heavy atom. The van der Waals surface area contributed by atoms with E-state index in [1.54, 1.807) is 26.0 Å². The molecule has 0 atom stereocenters. The fourth-order valence-electron chi connectivity index (χ4n) is 2.64. The quantitative estimate of drug-likeness (QED) is 0.517. The van der Waals surface area contributed by atoms with Crippen LogP contribution in [0.25, 0.3) is 0 Å². The Hall–Kier alpha value is -2.14. The minimum Gasteiger partial charge on any atom is -0.493 e. The summed E-state index contributed by atoms with van der Waals surface area (Å²) in [5, 5.41) is 3.46. The Morgan fingerprint density at radius 1 is 1.08 bits per heavy atom. The van der Waals surface area contributed by atoms with E-state index in [1.165, 1.54) is 0 Å². The number of carbonyl (C=O) groups excluding carboxylic acids is 1. The highest BCUT2D eigenvalue weighted by Gasteiger charge is 2.12. The molecule has 1 N–H and O–H groups in total. The number of rotatable bonds is 9. The van der Waals surface area contributed by atoms with Crippen molar-refractivity contribution in [3.63, 3.8) is 0 Å². The van der Waals surface area contributed by atoms with E-state index in [2.05, 4.69) is 19.2 Å². The van der Waals surface area contributed by atoms with E-state index in [0.717, 1.165) is 40.4 Å². The molecule has 0 saturated carbocycles. The Bertz CT molecular complexity index is 731. The summed E-state index contributed by atoms with van der Waals surface area (Å²) in [4.78, 5) is 13.5. The first-order valence-electron chi connectivity index (χ1n) is 8.80. The van der Waals surface area contributed by atoms with Crippen molar-refractivity contribution in [1.29, 1.82) is 0 Å². The number of carbonyl (C=O) groups is 1. The van der Waals surface area contributed by atoms with Gasteiger partial charge in [0.05, 0.1) is 19.8 Å². The van der Waals surface area contributed by atoms with Gasteiger partial charge in [-0.15, -0.1) is 11.8 Å².